The monoisotopic (exact) mass is 548 g/mol. The van der Waals surface area contributed by atoms with Crippen LogP contribution >= 0.6 is 0 Å². The smallest absolute Gasteiger partial charge is 0.279 e. The van der Waals surface area contributed by atoms with Gasteiger partial charge in [-0.2, -0.15) is 10.8 Å². The summed E-state index contributed by atoms with van der Waals surface area (Å²) in [4.78, 5) is 61.0. The summed E-state index contributed by atoms with van der Waals surface area (Å²) in [5.74, 6) is -6.56. The molecule has 0 saturated heterocycles. The first-order valence-electron chi connectivity index (χ1n) is 11.5. The molecule has 1 saturated carbocycles. The van der Waals surface area contributed by atoms with Gasteiger partial charge < -0.3 is 31.7 Å². The first-order valence-corrected chi connectivity index (χ1v) is 11.5. The molecule has 1 aromatic heterocycles. The third-order valence-corrected chi connectivity index (χ3v) is 7.72. The van der Waals surface area contributed by atoms with Gasteiger partial charge in [-0.15, -0.1) is 4.91 Å². The van der Waals surface area contributed by atoms with Gasteiger partial charge >= 0.3 is 0 Å². The highest BCUT2D eigenvalue weighted by atomic mass is 16.4. The number of Topliss-reactive ketones (excluding diaryl/α,β-unsaturated/α-hetero) is 2. The molecule has 3 aliphatic rings. The van der Waals surface area contributed by atoms with E-state index in [1.807, 2.05) is 0 Å². The SMILES string of the molecule is CN(C#N)[C@@H]1C(=O)C(C(=O)NN=N)=C(O)[C@@]2(O)C(=O)C3=C(O)c4c(cc5nccnc5c4N=O)C[C@@]3(N)C[C@@]12N. The molecule has 17 heteroatoms. The van der Waals surface area contributed by atoms with Crippen molar-refractivity contribution in [2.75, 3.05) is 7.05 Å². The van der Waals surface area contributed by atoms with Crippen molar-refractivity contribution in [3.8, 4) is 6.19 Å². The lowest BCUT2D eigenvalue weighted by Gasteiger charge is -2.58. The number of aliphatic hydroxyl groups excluding tert-OH is 2. The number of aromatic nitrogens is 2. The Labute approximate surface area is 223 Å². The molecule has 0 unspecified atom stereocenters. The highest BCUT2D eigenvalue weighted by Crippen LogP contribution is 2.55. The van der Waals surface area contributed by atoms with Crippen LogP contribution in [0.2, 0.25) is 0 Å². The van der Waals surface area contributed by atoms with Crippen molar-refractivity contribution in [2.45, 2.75) is 35.6 Å². The highest BCUT2D eigenvalue weighted by molar-refractivity contribution is 6.26. The Morgan fingerprint density at radius 3 is 2.60 bits per heavy atom. The fraction of sp³-hybridized carbons (Fsp3) is 0.304. The van der Waals surface area contributed by atoms with Crippen molar-refractivity contribution >= 4 is 40.0 Å². The number of carbonyl (C=O) groups excluding carboxylic acids is 3. The Hall–Kier alpha value is -5.18. The summed E-state index contributed by atoms with van der Waals surface area (Å²) in [6.07, 6.45) is 3.32. The van der Waals surface area contributed by atoms with E-state index >= 15 is 0 Å². The number of hydrogen-bond acceptors (Lipinski definition) is 16. The second-order valence-corrected chi connectivity index (χ2v) is 9.84. The number of carbonyl (C=O) groups is 3. The molecule has 40 heavy (non-hydrogen) atoms. The third-order valence-electron chi connectivity index (χ3n) is 7.72. The molecule has 1 amide bonds. The van der Waals surface area contributed by atoms with Crippen molar-refractivity contribution in [1.29, 1.82) is 10.8 Å². The van der Waals surface area contributed by atoms with Crippen LogP contribution in [0.5, 0.6) is 0 Å². The van der Waals surface area contributed by atoms with Gasteiger partial charge in [0.15, 0.2) is 17.7 Å². The van der Waals surface area contributed by atoms with E-state index in [1.165, 1.54) is 18.5 Å². The molecule has 204 valence electrons. The van der Waals surface area contributed by atoms with Gasteiger partial charge in [0.25, 0.3) is 5.91 Å². The Morgan fingerprint density at radius 2 is 1.98 bits per heavy atom. The number of amides is 1. The van der Waals surface area contributed by atoms with Crippen molar-refractivity contribution in [3.05, 3.63) is 51.4 Å². The molecule has 9 N–H and O–H groups in total. The summed E-state index contributed by atoms with van der Waals surface area (Å²) in [5.41, 5.74) is 12.0. The highest BCUT2D eigenvalue weighted by Gasteiger charge is 2.74. The number of rotatable bonds is 4. The van der Waals surface area contributed by atoms with Gasteiger partial charge in [-0.1, -0.05) is 5.22 Å². The number of benzene rings is 1. The Morgan fingerprint density at radius 1 is 1.30 bits per heavy atom. The normalized spacial score (nSPS) is 29.2. The van der Waals surface area contributed by atoms with Crippen LogP contribution in [-0.4, -0.2) is 77.4 Å². The molecular weight excluding hydrogens is 528 g/mol. The maximum atomic E-state index is 14.1. The van der Waals surface area contributed by atoms with Gasteiger partial charge in [0.05, 0.1) is 27.7 Å². The summed E-state index contributed by atoms with van der Waals surface area (Å²) in [7, 11) is 1.10. The van der Waals surface area contributed by atoms with E-state index in [0.29, 0.717) is 4.90 Å². The second kappa shape index (κ2) is 8.41. The Kier molecular flexibility index (Phi) is 5.56. The van der Waals surface area contributed by atoms with Crippen LogP contribution in [0, 0.1) is 21.9 Å². The van der Waals surface area contributed by atoms with Gasteiger partial charge in [0.1, 0.15) is 28.6 Å². The number of likely N-dealkylation sites (N-methyl/N-ethyl adjacent to an activating group) is 1. The van der Waals surface area contributed by atoms with Crippen LogP contribution in [0.15, 0.2) is 45.8 Å². The lowest BCUT2D eigenvalue weighted by Crippen LogP contribution is -2.83. The molecule has 3 aliphatic carbocycles. The van der Waals surface area contributed by atoms with Crippen molar-refractivity contribution in [2.24, 2.45) is 21.9 Å². The molecule has 1 fully saturated rings. The maximum absolute atomic E-state index is 14.1. The van der Waals surface area contributed by atoms with Crippen LogP contribution in [0.3, 0.4) is 0 Å². The van der Waals surface area contributed by atoms with Crippen LogP contribution < -0.4 is 16.9 Å². The molecule has 2 aromatic rings. The fourth-order valence-electron chi connectivity index (χ4n) is 6.15. The Balaban J connectivity index is 1.86. The molecule has 0 radical (unpaired) electrons. The molecule has 17 nitrogen and oxygen atoms in total. The molecule has 1 aromatic carbocycles. The maximum Gasteiger partial charge on any atom is 0.279 e. The molecule has 0 aliphatic heterocycles. The van der Waals surface area contributed by atoms with E-state index in [0.717, 1.165) is 7.05 Å². The first-order chi connectivity index (χ1) is 18.8. The minimum Gasteiger partial charge on any atom is -0.508 e. The zero-order valence-corrected chi connectivity index (χ0v) is 20.5. The standard InChI is InChI=1S/C23H20N10O7/c1-33(7-24)17-16(35)11(20(38)30-32-27)18(36)23(39)19(37)12-15(34)10-8(5-21(12,25)6-22(17,23)26)4-9-13(14(10)31-40)29-3-2-28-9/h2-4,17,34,36,39H,5-6,25-26H2,1H3,(H2,27,30,38)/t17-,21-,22-,23-/m1/s1. The van der Waals surface area contributed by atoms with E-state index < -0.39 is 69.3 Å². The lowest BCUT2D eigenvalue weighted by atomic mass is 9.51. The van der Waals surface area contributed by atoms with E-state index in [9.17, 15) is 39.9 Å². The quantitative estimate of drug-likeness (QED) is 0.0615. The molecular formula is C23H20N10O7. The summed E-state index contributed by atoms with van der Waals surface area (Å²) >= 11 is 0. The summed E-state index contributed by atoms with van der Waals surface area (Å²) < 4.78 is 0. The number of nitrogens with zero attached hydrogens (tertiary/aromatic N) is 6. The number of nitrogens with two attached hydrogens (primary N) is 2. The number of nitriles is 1. The summed E-state index contributed by atoms with van der Waals surface area (Å²) in [6, 6.07) is -0.452. The van der Waals surface area contributed by atoms with Crippen molar-refractivity contribution in [3.63, 3.8) is 0 Å². The second-order valence-electron chi connectivity index (χ2n) is 9.84. The third kappa shape index (κ3) is 3.02. The van der Waals surface area contributed by atoms with E-state index in [2.05, 4.69) is 20.4 Å². The molecule has 0 spiro atoms. The molecule has 4 atom stereocenters. The van der Waals surface area contributed by atoms with Crippen molar-refractivity contribution < 1.29 is 29.7 Å². The topological polar surface area (TPSA) is 294 Å². The van der Waals surface area contributed by atoms with Gasteiger partial charge in [0, 0.05) is 19.4 Å². The average Bonchev–Trinajstić information content (AvgIpc) is 2.89. The minimum atomic E-state index is -3.29. The Bertz CT molecular complexity index is 1700. The summed E-state index contributed by atoms with van der Waals surface area (Å²) in [6.45, 7) is 0. The number of ketones is 2. The largest absolute Gasteiger partial charge is 0.508 e. The minimum absolute atomic E-state index is 0.00267. The number of nitroso groups, excluding NO2 is 1. The van der Waals surface area contributed by atoms with E-state index in [-0.39, 0.29) is 34.3 Å². The summed E-state index contributed by atoms with van der Waals surface area (Å²) in [5, 5.41) is 49.6. The van der Waals surface area contributed by atoms with E-state index in [1.54, 1.807) is 11.6 Å². The zero-order chi connectivity index (χ0) is 29.4. The van der Waals surface area contributed by atoms with E-state index in [4.69, 9.17) is 17.0 Å². The first kappa shape index (κ1) is 26.4. The molecule has 1 heterocycles. The van der Waals surface area contributed by atoms with Crippen LogP contribution in [0.1, 0.15) is 17.5 Å². The van der Waals surface area contributed by atoms with Crippen LogP contribution in [0.4, 0.5) is 5.69 Å². The van der Waals surface area contributed by atoms with Gasteiger partial charge in [-0.05, 0) is 29.6 Å². The molecule has 5 rings (SSSR count). The van der Waals surface area contributed by atoms with Crippen LogP contribution in [-0.2, 0) is 20.8 Å². The zero-order valence-electron chi connectivity index (χ0n) is 20.5. The fourth-order valence-corrected chi connectivity index (χ4v) is 6.15. The van der Waals surface area contributed by atoms with Crippen molar-refractivity contribution in [1.82, 2.24) is 20.3 Å². The average molecular weight is 548 g/mol. The number of aliphatic hydroxyl groups is 3. The number of hydrogen-bond donors (Lipinski definition) is 7. The van der Waals surface area contributed by atoms with Gasteiger partial charge in [-0.25, -0.2) is 5.43 Å². The van der Waals surface area contributed by atoms with Gasteiger partial charge in [-0.3, -0.25) is 24.4 Å². The van der Waals surface area contributed by atoms with Crippen LogP contribution in [0.25, 0.3) is 16.8 Å². The lowest BCUT2D eigenvalue weighted by molar-refractivity contribution is -0.157. The number of fused-ring (bicyclic) bond motifs is 4. The predicted octanol–water partition coefficient (Wildman–Crippen LogP) is -0.810. The molecule has 0 bridgehead atoms. The predicted molar refractivity (Wildman–Crippen MR) is 132 cm³/mol. The number of nitrogens with one attached hydrogen (secondary N) is 2. The van der Waals surface area contributed by atoms with Gasteiger partial charge in [0.2, 0.25) is 11.4 Å².